The van der Waals surface area contributed by atoms with E-state index in [1.54, 1.807) is 12.1 Å². The summed E-state index contributed by atoms with van der Waals surface area (Å²) in [6, 6.07) is 14.5. The summed E-state index contributed by atoms with van der Waals surface area (Å²) in [5.41, 5.74) is 1.52. The van der Waals surface area contributed by atoms with Crippen molar-refractivity contribution in [3.63, 3.8) is 0 Å². The van der Waals surface area contributed by atoms with Gasteiger partial charge in [-0.05, 0) is 42.7 Å². The predicted molar refractivity (Wildman–Crippen MR) is 103 cm³/mol. The first kappa shape index (κ1) is 18.7. The molecule has 1 aliphatic rings. The molecule has 0 spiro atoms. The molecule has 0 saturated carbocycles. The van der Waals surface area contributed by atoms with Crippen molar-refractivity contribution < 1.29 is 9.59 Å². The average Bonchev–Trinajstić information content (AvgIpc) is 2.67. The molecule has 1 heterocycles. The van der Waals surface area contributed by atoms with Gasteiger partial charge in [0.25, 0.3) is 5.91 Å². The molecule has 1 N–H and O–H groups in total. The molecule has 0 aromatic heterocycles. The molecule has 3 rings (SSSR count). The van der Waals surface area contributed by atoms with Gasteiger partial charge in [0, 0.05) is 41.2 Å². The molecule has 0 atom stereocenters. The van der Waals surface area contributed by atoms with Gasteiger partial charge in [0.1, 0.15) is 0 Å². The maximum absolute atomic E-state index is 12.5. The second-order valence-electron chi connectivity index (χ2n) is 6.39. The van der Waals surface area contributed by atoms with E-state index in [-0.39, 0.29) is 17.7 Å². The van der Waals surface area contributed by atoms with Crippen molar-refractivity contribution in [2.45, 2.75) is 19.4 Å². The van der Waals surface area contributed by atoms with Crippen molar-refractivity contribution in [1.82, 2.24) is 10.2 Å². The summed E-state index contributed by atoms with van der Waals surface area (Å²) < 4.78 is 0. The third-order valence-corrected chi connectivity index (χ3v) is 5.23. The van der Waals surface area contributed by atoms with Gasteiger partial charge in [-0.2, -0.15) is 0 Å². The molecule has 0 aliphatic carbocycles. The number of hydrogen-bond donors (Lipinski definition) is 1. The highest BCUT2D eigenvalue weighted by Crippen LogP contribution is 2.22. The molecule has 2 amide bonds. The zero-order chi connectivity index (χ0) is 18.5. The van der Waals surface area contributed by atoms with E-state index in [0.29, 0.717) is 48.1 Å². The molecule has 1 saturated heterocycles. The van der Waals surface area contributed by atoms with Gasteiger partial charge in [-0.25, -0.2) is 0 Å². The molecule has 2 aromatic carbocycles. The fourth-order valence-electron chi connectivity index (χ4n) is 3.10. The van der Waals surface area contributed by atoms with E-state index in [1.165, 1.54) is 0 Å². The first-order chi connectivity index (χ1) is 12.5. The standard InChI is InChI=1S/C20H20Cl2N2O2/c21-17-7-6-16(18(22)12-17)13-23-19(25)14-8-10-24(11-9-14)20(26)15-4-2-1-3-5-15/h1-7,12,14H,8-11,13H2,(H,23,25). The van der Waals surface area contributed by atoms with Gasteiger partial charge in [-0.3, -0.25) is 9.59 Å². The van der Waals surface area contributed by atoms with Gasteiger partial charge >= 0.3 is 0 Å². The molecule has 26 heavy (non-hydrogen) atoms. The van der Waals surface area contributed by atoms with E-state index in [4.69, 9.17) is 23.2 Å². The third-order valence-electron chi connectivity index (χ3n) is 4.64. The van der Waals surface area contributed by atoms with E-state index in [1.807, 2.05) is 41.3 Å². The smallest absolute Gasteiger partial charge is 0.253 e. The molecule has 1 aliphatic heterocycles. The Hall–Kier alpha value is -2.04. The zero-order valence-electron chi connectivity index (χ0n) is 14.3. The Morgan fingerprint density at radius 2 is 1.73 bits per heavy atom. The largest absolute Gasteiger partial charge is 0.352 e. The lowest BCUT2D eigenvalue weighted by Gasteiger charge is -2.31. The lowest BCUT2D eigenvalue weighted by molar-refractivity contribution is -0.126. The minimum Gasteiger partial charge on any atom is -0.352 e. The van der Waals surface area contributed by atoms with Gasteiger partial charge < -0.3 is 10.2 Å². The van der Waals surface area contributed by atoms with Crippen LogP contribution in [0.5, 0.6) is 0 Å². The normalized spacial score (nSPS) is 14.9. The highest BCUT2D eigenvalue weighted by Gasteiger charge is 2.27. The Bertz CT molecular complexity index is 788. The molecule has 136 valence electrons. The van der Waals surface area contributed by atoms with Crippen LogP contribution in [0.25, 0.3) is 0 Å². The lowest BCUT2D eigenvalue weighted by Crippen LogP contribution is -2.42. The number of nitrogens with one attached hydrogen (secondary N) is 1. The van der Waals surface area contributed by atoms with Crippen LogP contribution < -0.4 is 5.32 Å². The van der Waals surface area contributed by atoms with Gasteiger partial charge in [0.2, 0.25) is 5.91 Å². The maximum Gasteiger partial charge on any atom is 0.253 e. The first-order valence-electron chi connectivity index (χ1n) is 8.60. The molecule has 2 aromatic rings. The fraction of sp³-hybridized carbons (Fsp3) is 0.300. The van der Waals surface area contributed by atoms with Crippen LogP contribution in [0, 0.1) is 5.92 Å². The molecule has 0 radical (unpaired) electrons. The second kappa shape index (κ2) is 8.56. The number of nitrogens with zero attached hydrogens (tertiary/aromatic N) is 1. The summed E-state index contributed by atoms with van der Waals surface area (Å²) >= 11 is 12.0. The number of carbonyl (C=O) groups excluding carboxylic acids is 2. The molecule has 4 nitrogen and oxygen atoms in total. The Balaban J connectivity index is 1.50. The van der Waals surface area contributed by atoms with E-state index in [2.05, 4.69) is 5.32 Å². The third kappa shape index (κ3) is 4.57. The molecule has 0 unspecified atom stereocenters. The quantitative estimate of drug-likeness (QED) is 0.851. The van der Waals surface area contributed by atoms with Crippen LogP contribution >= 0.6 is 23.2 Å². The Labute approximate surface area is 163 Å². The van der Waals surface area contributed by atoms with Crippen molar-refractivity contribution in [2.24, 2.45) is 5.92 Å². The van der Waals surface area contributed by atoms with E-state index in [9.17, 15) is 9.59 Å². The Kier molecular flexibility index (Phi) is 6.17. The Morgan fingerprint density at radius 1 is 1.04 bits per heavy atom. The number of carbonyl (C=O) groups is 2. The van der Waals surface area contributed by atoms with Crippen molar-refractivity contribution in [2.75, 3.05) is 13.1 Å². The number of amides is 2. The summed E-state index contributed by atoms with van der Waals surface area (Å²) in [4.78, 5) is 26.7. The SMILES string of the molecule is O=C(NCc1ccc(Cl)cc1Cl)C1CCN(C(=O)c2ccccc2)CC1. The monoisotopic (exact) mass is 390 g/mol. The minimum absolute atomic E-state index is 0.00262. The van der Waals surface area contributed by atoms with Crippen molar-refractivity contribution in [1.29, 1.82) is 0 Å². The number of likely N-dealkylation sites (tertiary alicyclic amines) is 1. The van der Waals surface area contributed by atoms with Crippen LogP contribution in [-0.2, 0) is 11.3 Å². The van der Waals surface area contributed by atoms with Crippen molar-refractivity contribution in [3.05, 3.63) is 69.7 Å². The van der Waals surface area contributed by atoms with Crippen LogP contribution in [0.1, 0.15) is 28.8 Å². The number of rotatable bonds is 4. The summed E-state index contributed by atoms with van der Waals surface area (Å²) in [6.07, 6.45) is 1.33. The number of benzene rings is 2. The number of piperidine rings is 1. The van der Waals surface area contributed by atoms with Crippen LogP contribution in [0.3, 0.4) is 0 Å². The molecule has 0 bridgehead atoms. The summed E-state index contributed by atoms with van der Waals surface area (Å²) in [5.74, 6) is -0.0545. The summed E-state index contributed by atoms with van der Waals surface area (Å²) in [7, 11) is 0. The van der Waals surface area contributed by atoms with Gasteiger partial charge in [0.15, 0.2) is 0 Å². The molecule has 1 fully saturated rings. The summed E-state index contributed by atoms with van der Waals surface area (Å²) in [6.45, 7) is 1.55. The maximum atomic E-state index is 12.5. The molecular formula is C20H20Cl2N2O2. The topological polar surface area (TPSA) is 49.4 Å². The number of halogens is 2. The van der Waals surface area contributed by atoms with Gasteiger partial charge in [0.05, 0.1) is 0 Å². The summed E-state index contributed by atoms with van der Waals surface area (Å²) in [5, 5.41) is 4.05. The second-order valence-corrected chi connectivity index (χ2v) is 7.23. The van der Waals surface area contributed by atoms with Crippen LogP contribution in [0.4, 0.5) is 0 Å². The van der Waals surface area contributed by atoms with Crippen molar-refractivity contribution in [3.8, 4) is 0 Å². The Morgan fingerprint density at radius 3 is 2.38 bits per heavy atom. The minimum atomic E-state index is -0.0825. The van der Waals surface area contributed by atoms with E-state index >= 15 is 0 Å². The predicted octanol–water partition coefficient (Wildman–Crippen LogP) is 4.16. The van der Waals surface area contributed by atoms with Crippen LogP contribution in [0.15, 0.2) is 48.5 Å². The molecular weight excluding hydrogens is 371 g/mol. The average molecular weight is 391 g/mol. The van der Waals surface area contributed by atoms with Crippen LogP contribution in [0.2, 0.25) is 10.0 Å². The highest BCUT2D eigenvalue weighted by molar-refractivity contribution is 6.35. The van der Waals surface area contributed by atoms with Gasteiger partial charge in [-0.1, -0.05) is 47.5 Å². The zero-order valence-corrected chi connectivity index (χ0v) is 15.8. The lowest BCUT2D eigenvalue weighted by atomic mass is 9.95. The fourth-order valence-corrected chi connectivity index (χ4v) is 3.58. The number of hydrogen-bond acceptors (Lipinski definition) is 2. The van der Waals surface area contributed by atoms with E-state index < -0.39 is 0 Å². The van der Waals surface area contributed by atoms with Crippen molar-refractivity contribution >= 4 is 35.0 Å². The highest BCUT2D eigenvalue weighted by atomic mass is 35.5. The van der Waals surface area contributed by atoms with E-state index in [0.717, 1.165) is 5.56 Å². The first-order valence-corrected chi connectivity index (χ1v) is 9.36. The molecule has 6 heteroatoms. The van der Waals surface area contributed by atoms with Crippen LogP contribution in [-0.4, -0.2) is 29.8 Å². The van der Waals surface area contributed by atoms with Gasteiger partial charge in [-0.15, -0.1) is 0 Å².